The summed E-state index contributed by atoms with van der Waals surface area (Å²) in [4.78, 5) is 24.4. The van der Waals surface area contributed by atoms with Crippen LogP contribution in [-0.2, 0) is 14.3 Å². The molecule has 18 heavy (non-hydrogen) atoms. The summed E-state index contributed by atoms with van der Waals surface area (Å²) < 4.78 is 5.17. The van der Waals surface area contributed by atoms with E-state index in [2.05, 4.69) is 5.32 Å². The molecule has 1 heterocycles. The van der Waals surface area contributed by atoms with Crippen molar-refractivity contribution in [2.45, 2.75) is 20.3 Å². The second-order valence-corrected chi connectivity index (χ2v) is 5.11. The normalized spacial score (nSPS) is 16.7. The number of carboxylic acid groups (broad SMARTS) is 1. The van der Waals surface area contributed by atoms with E-state index in [4.69, 9.17) is 9.84 Å². The number of carboxylic acids is 1. The number of ether oxygens (including phenoxy) is 1. The van der Waals surface area contributed by atoms with Gasteiger partial charge in [-0.15, -0.1) is 0 Å². The number of amides is 1. The lowest BCUT2D eigenvalue weighted by Crippen LogP contribution is -2.42. The van der Waals surface area contributed by atoms with Crippen LogP contribution >= 0.6 is 0 Å². The average molecular weight is 258 g/mol. The van der Waals surface area contributed by atoms with E-state index in [0.717, 1.165) is 0 Å². The van der Waals surface area contributed by atoms with Crippen LogP contribution < -0.4 is 5.32 Å². The van der Waals surface area contributed by atoms with Gasteiger partial charge in [0.1, 0.15) is 0 Å². The van der Waals surface area contributed by atoms with Gasteiger partial charge in [-0.3, -0.25) is 9.59 Å². The summed E-state index contributed by atoms with van der Waals surface area (Å²) in [6.07, 6.45) is 0.399. The minimum atomic E-state index is -0.838. The van der Waals surface area contributed by atoms with Gasteiger partial charge in [0.25, 0.3) is 0 Å². The zero-order chi connectivity index (χ0) is 13.6. The number of morpholine rings is 1. The fourth-order valence-corrected chi connectivity index (χ4v) is 1.64. The van der Waals surface area contributed by atoms with E-state index in [0.29, 0.717) is 45.8 Å². The molecule has 0 saturated carbocycles. The maximum atomic E-state index is 11.8. The first-order valence-corrected chi connectivity index (χ1v) is 6.23. The standard InChI is InChI=1S/C12H22N2O4/c1-12(2,11(16)17)9-13-4-3-10(15)14-5-7-18-8-6-14/h13H,3-9H2,1-2H3,(H,16,17). The lowest BCUT2D eigenvalue weighted by molar-refractivity contribution is -0.146. The van der Waals surface area contributed by atoms with Crippen LogP contribution in [0.25, 0.3) is 0 Å². The topological polar surface area (TPSA) is 78.9 Å². The Bertz CT molecular complexity index is 298. The zero-order valence-electron chi connectivity index (χ0n) is 11.1. The molecular weight excluding hydrogens is 236 g/mol. The number of nitrogens with zero attached hydrogens (tertiary/aromatic N) is 1. The maximum Gasteiger partial charge on any atom is 0.310 e. The van der Waals surface area contributed by atoms with E-state index in [-0.39, 0.29) is 5.91 Å². The molecule has 1 rings (SSSR count). The van der Waals surface area contributed by atoms with Gasteiger partial charge >= 0.3 is 5.97 Å². The number of carbonyl (C=O) groups is 2. The Labute approximate surface area is 107 Å². The Kier molecular flexibility index (Phi) is 5.55. The fourth-order valence-electron chi connectivity index (χ4n) is 1.64. The fraction of sp³-hybridized carbons (Fsp3) is 0.833. The quantitative estimate of drug-likeness (QED) is 0.652. The van der Waals surface area contributed by atoms with Gasteiger partial charge in [0.15, 0.2) is 0 Å². The molecule has 6 nitrogen and oxygen atoms in total. The molecule has 1 aliphatic heterocycles. The molecule has 0 bridgehead atoms. The van der Waals surface area contributed by atoms with Gasteiger partial charge in [-0.2, -0.15) is 0 Å². The number of nitrogens with one attached hydrogen (secondary N) is 1. The first kappa shape index (κ1) is 14.9. The molecule has 2 N–H and O–H groups in total. The smallest absolute Gasteiger partial charge is 0.310 e. The first-order chi connectivity index (χ1) is 8.43. The van der Waals surface area contributed by atoms with Gasteiger partial charge < -0.3 is 20.1 Å². The van der Waals surface area contributed by atoms with Crippen molar-refractivity contribution in [1.29, 1.82) is 0 Å². The Morgan fingerprint density at radius 1 is 1.33 bits per heavy atom. The van der Waals surface area contributed by atoms with E-state index in [1.807, 2.05) is 0 Å². The van der Waals surface area contributed by atoms with Crippen molar-refractivity contribution >= 4 is 11.9 Å². The highest BCUT2D eigenvalue weighted by atomic mass is 16.5. The van der Waals surface area contributed by atoms with Crippen LogP contribution in [0.2, 0.25) is 0 Å². The van der Waals surface area contributed by atoms with Crippen LogP contribution in [-0.4, -0.2) is 61.3 Å². The summed E-state index contributed by atoms with van der Waals surface area (Å²) in [5.74, 6) is -0.742. The first-order valence-electron chi connectivity index (χ1n) is 6.23. The molecule has 0 aromatic rings. The number of aliphatic carboxylic acids is 1. The highest BCUT2D eigenvalue weighted by Crippen LogP contribution is 2.12. The molecule has 1 aliphatic rings. The third-order valence-corrected chi connectivity index (χ3v) is 3.03. The van der Waals surface area contributed by atoms with Gasteiger partial charge in [-0.25, -0.2) is 0 Å². The number of rotatable bonds is 6. The van der Waals surface area contributed by atoms with E-state index >= 15 is 0 Å². The molecule has 104 valence electrons. The van der Waals surface area contributed by atoms with E-state index < -0.39 is 11.4 Å². The minimum Gasteiger partial charge on any atom is -0.481 e. The molecule has 0 unspecified atom stereocenters. The van der Waals surface area contributed by atoms with Gasteiger partial charge in [0, 0.05) is 32.6 Å². The Balaban J connectivity index is 2.17. The monoisotopic (exact) mass is 258 g/mol. The summed E-state index contributed by atoms with van der Waals surface area (Å²) >= 11 is 0. The molecular formula is C12H22N2O4. The van der Waals surface area contributed by atoms with Crippen molar-refractivity contribution in [3.63, 3.8) is 0 Å². The van der Waals surface area contributed by atoms with Crippen LogP contribution in [0.4, 0.5) is 0 Å². The predicted octanol–water partition coefficient (Wildman–Crippen LogP) is -0.0643. The van der Waals surface area contributed by atoms with Gasteiger partial charge in [0.05, 0.1) is 18.6 Å². The van der Waals surface area contributed by atoms with Crippen molar-refractivity contribution in [2.24, 2.45) is 5.41 Å². The second kappa shape index (κ2) is 6.70. The lowest BCUT2D eigenvalue weighted by atomic mass is 9.94. The summed E-state index contributed by atoms with van der Waals surface area (Å²) in [6, 6.07) is 0. The zero-order valence-corrected chi connectivity index (χ0v) is 11.1. The number of hydrogen-bond acceptors (Lipinski definition) is 4. The number of hydrogen-bond donors (Lipinski definition) is 2. The second-order valence-electron chi connectivity index (χ2n) is 5.11. The van der Waals surface area contributed by atoms with Crippen molar-refractivity contribution in [3.8, 4) is 0 Å². The van der Waals surface area contributed by atoms with E-state index in [1.54, 1.807) is 18.7 Å². The van der Waals surface area contributed by atoms with Gasteiger partial charge in [-0.05, 0) is 13.8 Å². The molecule has 0 aliphatic carbocycles. The SMILES string of the molecule is CC(C)(CNCCC(=O)N1CCOCC1)C(=O)O. The third-order valence-electron chi connectivity index (χ3n) is 3.03. The minimum absolute atomic E-state index is 0.0962. The molecule has 6 heteroatoms. The van der Waals surface area contributed by atoms with Crippen molar-refractivity contribution in [2.75, 3.05) is 39.4 Å². The van der Waals surface area contributed by atoms with E-state index in [9.17, 15) is 9.59 Å². The van der Waals surface area contributed by atoms with Crippen molar-refractivity contribution in [3.05, 3.63) is 0 Å². The van der Waals surface area contributed by atoms with Crippen molar-refractivity contribution in [1.82, 2.24) is 10.2 Å². The molecule has 0 radical (unpaired) electrons. The Morgan fingerprint density at radius 3 is 2.50 bits per heavy atom. The molecule has 1 saturated heterocycles. The van der Waals surface area contributed by atoms with Crippen LogP contribution in [0.5, 0.6) is 0 Å². The Hall–Kier alpha value is -1.14. The summed E-state index contributed by atoms with van der Waals surface area (Å²) in [7, 11) is 0. The van der Waals surface area contributed by atoms with Gasteiger partial charge in [-0.1, -0.05) is 0 Å². The van der Waals surface area contributed by atoms with Crippen LogP contribution in [0.3, 0.4) is 0 Å². The molecule has 0 aromatic carbocycles. The highest BCUT2D eigenvalue weighted by molar-refractivity contribution is 5.76. The maximum absolute atomic E-state index is 11.8. The third kappa shape index (κ3) is 4.62. The Morgan fingerprint density at radius 2 is 1.94 bits per heavy atom. The molecule has 0 spiro atoms. The summed E-state index contributed by atoms with van der Waals surface area (Å²) in [5.41, 5.74) is -0.804. The summed E-state index contributed by atoms with van der Waals surface area (Å²) in [5, 5.41) is 11.9. The van der Waals surface area contributed by atoms with Gasteiger partial charge in [0.2, 0.25) is 5.91 Å². The van der Waals surface area contributed by atoms with Crippen LogP contribution in [0, 0.1) is 5.41 Å². The summed E-state index contributed by atoms with van der Waals surface area (Å²) in [6.45, 7) is 6.69. The molecule has 0 atom stereocenters. The largest absolute Gasteiger partial charge is 0.481 e. The predicted molar refractivity (Wildman–Crippen MR) is 66.3 cm³/mol. The van der Waals surface area contributed by atoms with Crippen molar-refractivity contribution < 1.29 is 19.4 Å². The number of carbonyl (C=O) groups excluding carboxylic acids is 1. The molecule has 1 amide bonds. The molecule has 1 fully saturated rings. The lowest BCUT2D eigenvalue weighted by Gasteiger charge is -2.27. The van der Waals surface area contributed by atoms with Crippen LogP contribution in [0.1, 0.15) is 20.3 Å². The van der Waals surface area contributed by atoms with E-state index in [1.165, 1.54) is 0 Å². The highest BCUT2D eigenvalue weighted by Gasteiger charge is 2.26. The molecule has 0 aromatic heterocycles. The van der Waals surface area contributed by atoms with Crippen LogP contribution in [0.15, 0.2) is 0 Å². The average Bonchev–Trinajstić information content (AvgIpc) is 2.35.